The highest BCUT2D eigenvalue weighted by Crippen LogP contribution is 2.31. The molecule has 24 heavy (non-hydrogen) atoms. The summed E-state index contributed by atoms with van der Waals surface area (Å²) >= 11 is 0. The second-order valence-electron chi connectivity index (χ2n) is 6.48. The van der Waals surface area contributed by atoms with Crippen molar-refractivity contribution in [3.63, 3.8) is 0 Å². The van der Waals surface area contributed by atoms with Gasteiger partial charge in [0.2, 0.25) is 11.7 Å². The molecule has 1 saturated heterocycles. The van der Waals surface area contributed by atoms with Crippen molar-refractivity contribution in [1.82, 2.24) is 15.0 Å². The molecule has 0 radical (unpaired) electrons. The molecule has 0 spiro atoms. The number of aliphatic hydroxyl groups excluding tert-OH is 1. The Labute approximate surface area is 142 Å². The molecular formula is C18H25N3O3. The van der Waals surface area contributed by atoms with Crippen molar-refractivity contribution >= 4 is 0 Å². The minimum absolute atomic E-state index is 0.0516. The van der Waals surface area contributed by atoms with Crippen LogP contribution in [0.25, 0.3) is 11.4 Å². The van der Waals surface area contributed by atoms with E-state index in [-0.39, 0.29) is 12.1 Å². The molecule has 3 rings (SSSR count). The SMILES string of the molecule is COc1ccc(-c2noc(C(C)N3CCCC3CC(C)O)n2)cc1. The topological polar surface area (TPSA) is 71.6 Å². The Morgan fingerprint density at radius 1 is 1.33 bits per heavy atom. The highest BCUT2D eigenvalue weighted by molar-refractivity contribution is 5.55. The summed E-state index contributed by atoms with van der Waals surface area (Å²) in [6.07, 6.45) is 2.74. The Morgan fingerprint density at radius 2 is 2.08 bits per heavy atom. The number of methoxy groups -OCH3 is 1. The molecule has 1 aliphatic rings. The van der Waals surface area contributed by atoms with Gasteiger partial charge in [-0.05, 0) is 63.9 Å². The fourth-order valence-corrected chi connectivity index (χ4v) is 3.42. The van der Waals surface area contributed by atoms with Gasteiger partial charge < -0.3 is 14.4 Å². The van der Waals surface area contributed by atoms with Crippen molar-refractivity contribution in [2.45, 2.75) is 51.3 Å². The lowest BCUT2D eigenvalue weighted by Crippen LogP contribution is -2.34. The summed E-state index contributed by atoms with van der Waals surface area (Å²) in [4.78, 5) is 6.93. The highest BCUT2D eigenvalue weighted by atomic mass is 16.5. The monoisotopic (exact) mass is 331 g/mol. The lowest BCUT2D eigenvalue weighted by Gasteiger charge is -2.29. The molecular weight excluding hydrogens is 306 g/mol. The number of benzene rings is 1. The Bertz CT molecular complexity index is 654. The maximum atomic E-state index is 9.69. The quantitative estimate of drug-likeness (QED) is 0.877. The van der Waals surface area contributed by atoms with Crippen molar-refractivity contribution in [3.8, 4) is 17.1 Å². The van der Waals surface area contributed by atoms with E-state index in [4.69, 9.17) is 9.26 Å². The molecule has 2 aromatic rings. The maximum Gasteiger partial charge on any atom is 0.244 e. The zero-order valence-corrected chi connectivity index (χ0v) is 14.5. The van der Waals surface area contributed by atoms with Crippen LogP contribution in [-0.4, -0.2) is 45.9 Å². The van der Waals surface area contributed by atoms with Crippen molar-refractivity contribution in [1.29, 1.82) is 0 Å². The van der Waals surface area contributed by atoms with E-state index in [1.807, 2.05) is 31.2 Å². The zero-order chi connectivity index (χ0) is 17.1. The fourth-order valence-electron chi connectivity index (χ4n) is 3.42. The summed E-state index contributed by atoms with van der Waals surface area (Å²) in [6.45, 7) is 4.93. The van der Waals surface area contributed by atoms with E-state index in [1.54, 1.807) is 7.11 Å². The molecule has 0 bridgehead atoms. The average molecular weight is 331 g/mol. The summed E-state index contributed by atoms with van der Waals surface area (Å²) in [5.74, 6) is 2.01. The lowest BCUT2D eigenvalue weighted by atomic mass is 10.1. The number of aliphatic hydroxyl groups is 1. The third-order valence-electron chi connectivity index (χ3n) is 4.68. The second kappa shape index (κ2) is 7.32. The minimum Gasteiger partial charge on any atom is -0.497 e. The summed E-state index contributed by atoms with van der Waals surface area (Å²) < 4.78 is 10.7. The van der Waals surface area contributed by atoms with Gasteiger partial charge in [0.1, 0.15) is 5.75 Å². The van der Waals surface area contributed by atoms with Crippen LogP contribution in [0.3, 0.4) is 0 Å². The van der Waals surface area contributed by atoms with Crippen molar-refractivity contribution in [3.05, 3.63) is 30.2 Å². The van der Waals surface area contributed by atoms with Gasteiger partial charge in [-0.3, -0.25) is 4.90 Å². The minimum atomic E-state index is -0.291. The third kappa shape index (κ3) is 3.60. The number of likely N-dealkylation sites (tertiary alicyclic amines) is 1. The van der Waals surface area contributed by atoms with E-state index in [0.29, 0.717) is 17.8 Å². The van der Waals surface area contributed by atoms with E-state index < -0.39 is 0 Å². The number of rotatable bonds is 6. The van der Waals surface area contributed by atoms with Crippen LogP contribution in [0.15, 0.2) is 28.8 Å². The predicted molar refractivity (Wildman–Crippen MR) is 90.7 cm³/mol. The molecule has 2 heterocycles. The van der Waals surface area contributed by atoms with E-state index in [1.165, 1.54) is 0 Å². The molecule has 1 fully saturated rings. The van der Waals surface area contributed by atoms with Crippen LogP contribution in [-0.2, 0) is 0 Å². The number of hydrogen-bond acceptors (Lipinski definition) is 6. The van der Waals surface area contributed by atoms with Crippen molar-refractivity contribution < 1.29 is 14.4 Å². The van der Waals surface area contributed by atoms with E-state index in [0.717, 1.165) is 37.1 Å². The molecule has 0 amide bonds. The Kier molecular flexibility index (Phi) is 5.16. The van der Waals surface area contributed by atoms with E-state index >= 15 is 0 Å². The van der Waals surface area contributed by atoms with Crippen LogP contribution in [0.4, 0.5) is 0 Å². The van der Waals surface area contributed by atoms with Gasteiger partial charge in [0, 0.05) is 11.6 Å². The molecule has 3 atom stereocenters. The van der Waals surface area contributed by atoms with Gasteiger partial charge in [-0.2, -0.15) is 4.98 Å². The molecule has 0 aliphatic carbocycles. The van der Waals surface area contributed by atoms with E-state index in [9.17, 15) is 5.11 Å². The molecule has 1 N–H and O–H groups in total. The molecule has 1 aromatic carbocycles. The van der Waals surface area contributed by atoms with E-state index in [2.05, 4.69) is 22.0 Å². The maximum absolute atomic E-state index is 9.69. The van der Waals surface area contributed by atoms with Crippen LogP contribution in [0.1, 0.15) is 45.0 Å². The molecule has 6 heteroatoms. The first-order chi connectivity index (χ1) is 11.6. The van der Waals surface area contributed by atoms with Gasteiger partial charge in [0.15, 0.2) is 0 Å². The van der Waals surface area contributed by atoms with Crippen LogP contribution < -0.4 is 4.74 Å². The van der Waals surface area contributed by atoms with Crippen molar-refractivity contribution in [2.75, 3.05) is 13.7 Å². The van der Waals surface area contributed by atoms with Gasteiger partial charge in [-0.25, -0.2) is 0 Å². The first-order valence-electron chi connectivity index (χ1n) is 8.50. The molecule has 1 aliphatic heterocycles. The molecule has 3 unspecified atom stereocenters. The number of ether oxygens (including phenoxy) is 1. The normalized spacial score (nSPS) is 20.9. The largest absolute Gasteiger partial charge is 0.497 e. The van der Waals surface area contributed by atoms with Crippen molar-refractivity contribution in [2.24, 2.45) is 0 Å². The lowest BCUT2D eigenvalue weighted by molar-refractivity contribution is 0.102. The van der Waals surface area contributed by atoms with Crippen LogP contribution in [0.2, 0.25) is 0 Å². The molecule has 1 aromatic heterocycles. The van der Waals surface area contributed by atoms with Gasteiger partial charge in [-0.1, -0.05) is 5.16 Å². The average Bonchev–Trinajstić information content (AvgIpc) is 3.23. The molecule has 0 saturated carbocycles. The standard InChI is InChI=1S/C18H25N3O3/c1-12(22)11-15-5-4-10-21(15)13(2)18-19-17(20-24-18)14-6-8-16(23-3)9-7-14/h6-9,12-13,15,22H,4-5,10-11H2,1-3H3. The Morgan fingerprint density at radius 3 is 2.75 bits per heavy atom. The summed E-state index contributed by atoms with van der Waals surface area (Å²) in [5, 5.41) is 13.8. The number of nitrogens with zero attached hydrogens (tertiary/aromatic N) is 3. The number of hydrogen-bond donors (Lipinski definition) is 1. The first-order valence-corrected chi connectivity index (χ1v) is 8.50. The highest BCUT2D eigenvalue weighted by Gasteiger charge is 2.32. The van der Waals surface area contributed by atoms with Gasteiger partial charge in [0.25, 0.3) is 0 Å². The van der Waals surface area contributed by atoms with Crippen LogP contribution >= 0.6 is 0 Å². The Hall–Kier alpha value is -1.92. The third-order valence-corrected chi connectivity index (χ3v) is 4.68. The predicted octanol–water partition coefficient (Wildman–Crippen LogP) is 3.04. The summed E-state index contributed by atoms with van der Waals surface area (Å²) in [6, 6.07) is 8.03. The Balaban J connectivity index is 1.74. The summed E-state index contributed by atoms with van der Waals surface area (Å²) in [5.41, 5.74) is 0.903. The van der Waals surface area contributed by atoms with Crippen LogP contribution in [0, 0.1) is 0 Å². The fraction of sp³-hybridized carbons (Fsp3) is 0.556. The van der Waals surface area contributed by atoms with Gasteiger partial charge >= 0.3 is 0 Å². The zero-order valence-electron chi connectivity index (χ0n) is 14.5. The van der Waals surface area contributed by atoms with Gasteiger partial charge in [-0.15, -0.1) is 0 Å². The molecule has 130 valence electrons. The van der Waals surface area contributed by atoms with Crippen LogP contribution in [0.5, 0.6) is 5.75 Å². The van der Waals surface area contributed by atoms with Gasteiger partial charge in [0.05, 0.1) is 19.3 Å². The summed E-state index contributed by atoms with van der Waals surface area (Å²) in [7, 11) is 1.64. The first kappa shape index (κ1) is 16.9. The number of aromatic nitrogens is 2. The second-order valence-corrected chi connectivity index (χ2v) is 6.48. The smallest absolute Gasteiger partial charge is 0.244 e. The molecule has 6 nitrogen and oxygen atoms in total.